The molecular formula is C20H11F5N2O9S5. The van der Waals surface area contributed by atoms with Gasteiger partial charge in [0.15, 0.2) is 46.8 Å². The number of nitrogens with zero attached hydrogens (tertiary/aromatic N) is 1. The third-order valence-electron chi connectivity index (χ3n) is 5.09. The first-order valence-corrected chi connectivity index (χ1v) is 13.5. The maximum absolute atomic E-state index is 14.3. The average molecular weight is 679 g/mol. The highest BCUT2D eigenvalue weighted by atomic mass is 32.2. The molecule has 21 heteroatoms. The van der Waals surface area contributed by atoms with Crippen molar-refractivity contribution in [1.82, 2.24) is 0 Å². The van der Waals surface area contributed by atoms with Crippen LogP contribution in [-0.2, 0) is 0 Å². The molecule has 0 spiro atoms. The number of hydrogen-bond acceptors (Lipinski definition) is 14. The Morgan fingerprint density at radius 3 is 1.63 bits per heavy atom. The van der Waals surface area contributed by atoms with Crippen LogP contribution >= 0.6 is 60.9 Å². The van der Waals surface area contributed by atoms with Crippen LogP contribution < -0.4 is 9.62 Å². The number of halogens is 5. The molecule has 0 saturated carbocycles. The van der Waals surface area contributed by atoms with E-state index in [4.69, 9.17) is 0 Å². The Labute approximate surface area is 247 Å². The molecule has 0 unspecified atom stereocenters. The predicted molar refractivity (Wildman–Crippen MR) is 142 cm³/mol. The van der Waals surface area contributed by atoms with Crippen LogP contribution in [0.15, 0.2) is 37.8 Å². The van der Waals surface area contributed by atoms with Gasteiger partial charge in [-0.2, -0.15) is 15.5 Å². The number of carbonyl (C=O) groups is 2. The molecule has 11 nitrogen and oxygen atoms in total. The number of nitrogens with one attached hydrogen (secondary N) is 1. The van der Waals surface area contributed by atoms with E-state index in [1.165, 1.54) is 0 Å². The molecule has 8 N–H and O–H groups in total. The summed E-state index contributed by atoms with van der Waals surface area (Å²) in [5.41, 5.74) is -4.02. The summed E-state index contributed by atoms with van der Waals surface area (Å²) in [5.74, 6) is -11.4. The van der Waals surface area contributed by atoms with Crippen LogP contribution in [0.3, 0.4) is 0 Å². The van der Waals surface area contributed by atoms with E-state index in [0.29, 0.717) is 18.2 Å². The highest BCUT2D eigenvalue weighted by Crippen LogP contribution is 2.56. The van der Waals surface area contributed by atoms with Crippen molar-refractivity contribution in [2.75, 3.05) is 9.62 Å². The Morgan fingerprint density at radius 1 is 0.634 bits per heavy atom. The van der Waals surface area contributed by atoms with Crippen molar-refractivity contribution in [1.29, 1.82) is 0 Å². The summed E-state index contributed by atoms with van der Waals surface area (Å²) >= 11 is -4.51. The smallest absolute Gasteiger partial charge is 0.272 e. The number of carbonyl (C=O) groups excluding carboxylic acids is 2. The maximum Gasteiger partial charge on any atom is 0.272 e. The molecule has 0 radical (unpaired) electrons. The summed E-state index contributed by atoms with van der Waals surface area (Å²) in [6.45, 7) is 0. The topological polar surface area (TPSA) is 191 Å². The van der Waals surface area contributed by atoms with Crippen LogP contribution in [0.2, 0.25) is 0 Å². The largest absolute Gasteiger partial charge is 0.504 e. The van der Waals surface area contributed by atoms with Gasteiger partial charge in [0, 0.05) is 5.56 Å². The molecule has 3 rings (SSSR count). The van der Waals surface area contributed by atoms with Gasteiger partial charge in [0.2, 0.25) is 5.75 Å². The minimum absolute atomic E-state index is 0.220. The first-order valence-electron chi connectivity index (χ1n) is 9.92. The predicted octanol–water partition coefficient (Wildman–Crippen LogP) is 6.96. The van der Waals surface area contributed by atoms with Crippen molar-refractivity contribution in [2.24, 2.45) is 0 Å². The summed E-state index contributed by atoms with van der Waals surface area (Å²) < 4.78 is 69.7. The highest BCUT2D eigenvalue weighted by Gasteiger charge is 2.36. The summed E-state index contributed by atoms with van der Waals surface area (Å²) in [6, 6.07) is 1.62. The number of benzene rings is 3. The van der Waals surface area contributed by atoms with Gasteiger partial charge < -0.3 is 41.1 Å². The standard InChI is InChI=1S/C20H11F5N2O9S5/c21-37-15-5(3-8(30)12(32)14(15)34)20(36)27(41-25)10-13(33)9(16(38-22)18(40-24)17(10)39-23)26-19(35)4-1-6(28)11(31)7(29)2-4/h1-3,28-34H,(H,26,35). The zero-order valence-electron chi connectivity index (χ0n) is 19.1. The molecule has 0 fully saturated rings. The van der Waals surface area contributed by atoms with Crippen molar-refractivity contribution in [3.05, 3.63) is 29.3 Å². The van der Waals surface area contributed by atoms with Crippen molar-refractivity contribution < 1.29 is 64.8 Å². The molecule has 0 aliphatic rings. The van der Waals surface area contributed by atoms with Crippen LogP contribution in [-0.4, -0.2) is 47.6 Å². The molecule has 0 aromatic heterocycles. The molecule has 0 saturated heterocycles. The van der Waals surface area contributed by atoms with Gasteiger partial charge in [0.25, 0.3) is 11.8 Å². The number of amides is 2. The lowest BCUT2D eigenvalue weighted by Crippen LogP contribution is -2.25. The lowest BCUT2D eigenvalue weighted by Gasteiger charge is -2.25. The van der Waals surface area contributed by atoms with Crippen LogP contribution in [0.1, 0.15) is 20.7 Å². The Hall–Kier alpha value is -3.40. The maximum atomic E-state index is 14.3. The normalized spacial score (nSPS) is 11.0. The quantitative estimate of drug-likeness (QED) is 0.0658. The first kappa shape index (κ1) is 32.1. The number of phenols is 7. The molecule has 3 aromatic carbocycles. The minimum atomic E-state index is -1.74. The molecule has 41 heavy (non-hydrogen) atoms. The second-order valence-corrected chi connectivity index (χ2v) is 10.1. The van der Waals surface area contributed by atoms with E-state index in [1.807, 2.05) is 5.32 Å². The highest BCUT2D eigenvalue weighted by molar-refractivity contribution is 7.99. The van der Waals surface area contributed by atoms with E-state index >= 15 is 0 Å². The zero-order valence-corrected chi connectivity index (χ0v) is 23.1. The van der Waals surface area contributed by atoms with Gasteiger partial charge in [-0.05, 0) is 18.2 Å². The van der Waals surface area contributed by atoms with Gasteiger partial charge in [-0.1, -0.05) is 0 Å². The molecular weight excluding hydrogens is 668 g/mol. The van der Waals surface area contributed by atoms with Gasteiger partial charge >= 0.3 is 0 Å². The fraction of sp³-hybridized carbons (Fsp3) is 0. The van der Waals surface area contributed by atoms with Crippen LogP contribution in [0.4, 0.5) is 30.8 Å². The van der Waals surface area contributed by atoms with Crippen molar-refractivity contribution >= 4 is 84.1 Å². The van der Waals surface area contributed by atoms with Gasteiger partial charge in [-0.15, -0.1) is 3.89 Å². The SMILES string of the molecule is O=C(Nc1c(O)c(N(SF)C(=O)c2cc(O)c(O)c(O)c2SF)c(SF)c(SF)c1SF)c1cc(O)c(O)c(O)c1. The van der Waals surface area contributed by atoms with Gasteiger partial charge in [-0.3, -0.25) is 9.59 Å². The number of aromatic hydroxyl groups is 7. The van der Waals surface area contributed by atoms with Crippen LogP contribution in [0, 0.1) is 0 Å². The number of anilines is 2. The third kappa shape index (κ3) is 5.84. The van der Waals surface area contributed by atoms with Gasteiger partial charge in [-0.25, -0.2) is 4.31 Å². The molecule has 0 aliphatic heterocycles. The van der Waals surface area contributed by atoms with Gasteiger partial charge in [0.1, 0.15) is 11.4 Å². The second-order valence-electron chi connectivity index (χ2n) is 7.32. The zero-order chi connectivity index (χ0) is 30.8. The van der Waals surface area contributed by atoms with E-state index in [0.717, 1.165) is 0 Å². The summed E-state index contributed by atoms with van der Waals surface area (Å²) in [7, 11) is 0. The molecule has 0 heterocycles. The minimum Gasteiger partial charge on any atom is -0.504 e. The number of hydrogen-bond donors (Lipinski definition) is 8. The second kappa shape index (κ2) is 13.1. The third-order valence-corrected chi connectivity index (χ3v) is 8.08. The Balaban J connectivity index is 2.28. The summed E-state index contributed by atoms with van der Waals surface area (Å²) in [6.07, 6.45) is 0. The molecule has 220 valence electrons. The van der Waals surface area contributed by atoms with Gasteiger partial charge in [0.05, 0.1) is 73.7 Å². The van der Waals surface area contributed by atoms with Crippen molar-refractivity contribution in [2.45, 2.75) is 19.6 Å². The van der Waals surface area contributed by atoms with E-state index in [9.17, 15) is 64.8 Å². The van der Waals surface area contributed by atoms with E-state index in [-0.39, 0.29) is 4.31 Å². The molecule has 3 aromatic rings. The average Bonchev–Trinajstić information content (AvgIpc) is 2.95. The van der Waals surface area contributed by atoms with Crippen LogP contribution in [0.25, 0.3) is 0 Å². The van der Waals surface area contributed by atoms with E-state index in [2.05, 4.69) is 0 Å². The fourth-order valence-electron chi connectivity index (χ4n) is 3.24. The lowest BCUT2D eigenvalue weighted by molar-refractivity contribution is 0.1000. The monoisotopic (exact) mass is 678 g/mol. The molecule has 0 bridgehead atoms. The van der Waals surface area contributed by atoms with E-state index < -0.39 is 155 Å². The lowest BCUT2D eigenvalue weighted by atomic mass is 10.1. The Kier molecular flexibility index (Phi) is 10.2. The molecule has 0 aliphatic carbocycles. The fourth-order valence-corrected chi connectivity index (χ4v) is 5.72. The molecule has 0 atom stereocenters. The number of phenolic OH excluding ortho intramolecular Hbond substituents is 7. The van der Waals surface area contributed by atoms with E-state index in [1.54, 1.807) is 0 Å². The number of rotatable bonds is 9. The molecule has 2 amide bonds. The Bertz CT molecular complexity index is 1530. The Morgan fingerprint density at radius 2 is 1.15 bits per heavy atom. The summed E-state index contributed by atoms with van der Waals surface area (Å²) in [4.78, 5) is 21.8. The summed E-state index contributed by atoms with van der Waals surface area (Å²) in [5, 5.41) is 70.8. The van der Waals surface area contributed by atoms with Crippen molar-refractivity contribution in [3.8, 4) is 40.2 Å². The first-order chi connectivity index (χ1) is 19.4. The van der Waals surface area contributed by atoms with Crippen molar-refractivity contribution in [3.63, 3.8) is 0 Å². The van der Waals surface area contributed by atoms with Crippen LogP contribution in [0.5, 0.6) is 40.2 Å².